The lowest BCUT2D eigenvalue weighted by Crippen LogP contribution is -2.48. The van der Waals surface area contributed by atoms with Crippen molar-refractivity contribution in [3.8, 4) is 0 Å². The van der Waals surface area contributed by atoms with Gasteiger partial charge in [-0.1, -0.05) is 13.8 Å². The minimum atomic E-state index is -1.25. The van der Waals surface area contributed by atoms with Crippen LogP contribution in [0.5, 0.6) is 0 Å². The van der Waals surface area contributed by atoms with Crippen molar-refractivity contribution in [2.75, 3.05) is 18.1 Å². The van der Waals surface area contributed by atoms with Crippen LogP contribution >= 0.6 is 23.5 Å². The first-order chi connectivity index (χ1) is 9.32. The van der Waals surface area contributed by atoms with Crippen molar-refractivity contribution in [2.45, 2.75) is 62.5 Å². The van der Waals surface area contributed by atoms with E-state index in [1.807, 2.05) is 13.8 Å². The summed E-state index contributed by atoms with van der Waals surface area (Å²) in [5.74, 6) is 0.924. The number of thioether (sulfide) groups is 2. The molecule has 0 radical (unpaired) electrons. The van der Waals surface area contributed by atoms with E-state index in [4.69, 9.17) is 9.47 Å². The summed E-state index contributed by atoms with van der Waals surface area (Å²) in [6.07, 6.45) is -4.04. The van der Waals surface area contributed by atoms with Crippen LogP contribution in [0.25, 0.3) is 0 Å². The predicted molar refractivity (Wildman–Crippen MR) is 83.0 cm³/mol. The molecule has 1 saturated heterocycles. The maximum atomic E-state index is 10.3. The maximum Gasteiger partial charge on any atom is 0.163 e. The normalized spacial score (nSPS) is 26.7. The van der Waals surface area contributed by atoms with Crippen LogP contribution in [0.4, 0.5) is 0 Å². The van der Waals surface area contributed by atoms with Crippen LogP contribution in [0.3, 0.4) is 0 Å². The number of aliphatic hydroxyl groups is 3. The molecule has 0 spiro atoms. The fraction of sp³-hybridized carbons (Fsp3) is 1.00. The molecule has 4 atom stereocenters. The number of aliphatic hydroxyl groups excluding tert-OH is 3. The Morgan fingerprint density at radius 3 is 2.05 bits per heavy atom. The molecule has 0 aromatic rings. The summed E-state index contributed by atoms with van der Waals surface area (Å²) < 4.78 is 10.7. The highest BCUT2D eigenvalue weighted by molar-refractivity contribution is 8.17. The Bertz CT molecular complexity index is 276. The van der Waals surface area contributed by atoms with Crippen LogP contribution in [-0.4, -0.2) is 68.2 Å². The maximum absolute atomic E-state index is 10.3. The van der Waals surface area contributed by atoms with Gasteiger partial charge in [0.05, 0.1) is 11.2 Å². The summed E-state index contributed by atoms with van der Waals surface area (Å²) in [7, 11) is 0. The van der Waals surface area contributed by atoms with E-state index in [2.05, 4.69) is 0 Å². The second kappa shape index (κ2) is 8.22. The van der Waals surface area contributed by atoms with Gasteiger partial charge in [0.1, 0.15) is 24.4 Å². The topological polar surface area (TPSA) is 79.2 Å². The molecule has 20 heavy (non-hydrogen) atoms. The smallest absolute Gasteiger partial charge is 0.163 e. The van der Waals surface area contributed by atoms with Crippen molar-refractivity contribution in [3.05, 3.63) is 0 Å². The van der Waals surface area contributed by atoms with Crippen molar-refractivity contribution < 1.29 is 24.8 Å². The molecule has 120 valence electrons. The Morgan fingerprint density at radius 1 is 1.10 bits per heavy atom. The fourth-order valence-corrected chi connectivity index (χ4v) is 4.62. The van der Waals surface area contributed by atoms with Crippen molar-refractivity contribution in [2.24, 2.45) is 0 Å². The number of hydrogen-bond donors (Lipinski definition) is 3. The third-order valence-corrected chi connectivity index (χ3v) is 5.75. The average Bonchev–Trinajstić information content (AvgIpc) is 2.76. The summed E-state index contributed by atoms with van der Waals surface area (Å²) in [6, 6.07) is 0. The highest BCUT2D eigenvalue weighted by Gasteiger charge is 2.42. The molecule has 1 aliphatic heterocycles. The summed E-state index contributed by atoms with van der Waals surface area (Å²) in [4.78, 5) is 0. The molecule has 1 rings (SSSR count). The van der Waals surface area contributed by atoms with E-state index in [0.29, 0.717) is 0 Å². The van der Waals surface area contributed by atoms with E-state index in [0.717, 1.165) is 11.5 Å². The molecule has 0 aliphatic carbocycles. The molecule has 0 aromatic carbocycles. The molecule has 0 aromatic heterocycles. The molecule has 1 aliphatic rings. The minimum absolute atomic E-state index is 0.162. The monoisotopic (exact) mass is 326 g/mol. The van der Waals surface area contributed by atoms with Gasteiger partial charge in [0.15, 0.2) is 5.79 Å². The second-order valence-electron chi connectivity index (χ2n) is 5.12. The largest absolute Gasteiger partial charge is 0.388 e. The highest BCUT2D eigenvalue weighted by atomic mass is 32.2. The van der Waals surface area contributed by atoms with Crippen LogP contribution in [0, 0.1) is 0 Å². The number of rotatable bonds is 8. The Kier molecular flexibility index (Phi) is 7.62. The van der Waals surface area contributed by atoms with Gasteiger partial charge in [-0.25, -0.2) is 0 Å². The van der Waals surface area contributed by atoms with Crippen LogP contribution in [-0.2, 0) is 9.47 Å². The van der Waals surface area contributed by atoms with Crippen molar-refractivity contribution >= 4 is 23.5 Å². The first kappa shape index (κ1) is 18.5. The van der Waals surface area contributed by atoms with Gasteiger partial charge in [-0.05, 0) is 25.4 Å². The van der Waals surface area contributed by atoms with Crippen LogP contribution in [0.2, 0.25) is 0 Å². The Morgan fingerprint density at radius 2 is 1.65 bits per heavy atom. The van der Waals surface area contributed by atoms with E-state index >= 15 is 0 Å². The van der Waals surface area contributed by atoms with Gasteiger partial charge in [-0.2, -0.15) is 0 Å². The molecule has 3 N–H and O–H groups in total. The predicted octanol–water partition coefficient (Wildman–Crippen LogP) is 1.05. The number of ether oxygens (including phenoxy) is 2. The lowest BCUT2D eigenvalue weighted by molar-refractivity contribution is -0.167. The van der Waals surface area contributed by atoms with E-state index in [1.54, 1.807) is 37.4 Å². The van der Waals surface area contributed by atoms with E-state index in [9.17, 15) is 15.3 Å². The van der Waals surface area contributed by atoms with Crippen molar-refractivity contribution in [1.29, 1.82) is 0 Å². The third-order valence-electron chi connectivity index (χ3n) is 3.05. The van der Waals surface area contributed by atoms with Gasteiger partial charge >= 0.3 is 0 Å². The van der Waals surface area contributed by atoms with Gasteiger partial charge in [0, 0.05) is 0 Å². The third kappa shape index (κ3) is 5.05. The zero-order valence-corrected chi connectivity index (χ0v) is 14.1. The second-order valence-corrected chi connectivity index (χ2v) is 8.25. The molecule has 5 nitrogen and oxygen atoms in total. The molecule has 0 bridgehead atoms. The van der Waals surface area contributed by atoms with Gasteiger partial charge in [-0.15, -0.1) is 23.5 Å². The van der Waals surface area contributed by atoms with E-state index in [-0.39, 0.29) is 11.2 Å². The first-order valence-electron chi connectivity index (χ1n) is 6.91. The molecule has 1 heterocycles. The standard InChI is InChI=1S/C13H26O5S2/c1-5-19-12(20-6-2)11(16)10(15)9(14)8-7-17-13(3,4)18-8/h8-12,14-16H,5-7H2,1-4H3/t8-,9+,10+,11-/m1/s1. The van der Waals surface area contributed by atoms with E-state index < -0.39 is 30.2 Å². The highest BCUT2D eigenvalue weighted by Crippen LogP contribution is 2.31. The van der Waals surface area contributed by atoms with Gasteiger partial charge < -0.3 is 24.8 Å². The lowest BCUT2D eigenvalue weighted by atomic mass is 10.0. The molecule has 7 heteroatoms. The molecule has 0 unspecified atom stereocenters. The minimum Gasteiger partial charge on any atom is -0.388 e. The lowest BCUT2D eigenvalue weighted by Gasteiger charge is -2.30. The molecular weight excluding hydrogens is 300 g/mol. The van der Waals surface area contributed by atoms with Gasteiger partial charge in [0.2, 0.25) is 0 Å². The average molecular weight is 326 g/mol. The van der Waals surface area contributed by atoms with Crippen LogP contribution in [0.1, 0.15) is 27.7 Å². The Balaban J connectivity index is 2.60. The molecular formula is C13H26O5S2. The van der Waals surface area contributed by atoms with E-state index in [1.165, 1.54) is 0 Å². The summed E-state index contributed by atoms with van der Waals surface area (Å²) in [6.45, 7) is 7.72. The van der Waals surface area contributed by atoms with Gasteiger partial charge in [-0.3, -0.25) is 0 Å². The Labute approximate surface area is 129 Å². The SMILES string of the molecule is CCSC(SCC)[C@H](O)[C@@H](O)[C@@H](O)[C@H]1COC(C)(C)O1. The van der Waals surface area contributed by atoms with Crippen LogP contribution in [0.15, 0.2) is 0 Å². The summed E-state index contributed by atoms with van der Waals surface area (Å²) in [5.41, 5.74) is 0. The van der Waals surface area contributed by atoms with Crippen LogP contribution < -0.4 is 0 Å². The summed E-state index contributed by atoms with van der Waals surface area (Å²) in [5, 5.41) is 30.6. The molecule has 0 amide bonds. The first-order valence-corrected chi connectivity index (χ1v) is 9.01. The summed E-state index contributed by atoms with van der Waals surface area (Å²) >= 11 is 3.13. The van der Waals surface area contributed by atoms with Gasteiger partial charge in [0.25, 0.3) is 0 Å². The Hall–Kier alpha value is 0.500. The zero-order chi connectivity index (χ0) is 15.3. The van der Waals surface area contributed by atoms with Crippen molar-refractivity contribution in [1.82, 2.24) is 0 Å². The molecule has 1 fully saturated rings. The number of hydrogen-bond acceptors (Lipinski definition) is 7. The van der Waals surface area contributed by atoms with Crippen molar-refractivity contribution in [3.63, 3.8) is 0 Å². The zero-order valence-electron chi connectivity index (χ0n) is 12.5. The fourth-order valence-electron chi connectivity index (χ4n) is 2.04. The quantitative estimate of drug-likeness (QED) is 0.575. The molecule has 0 saturated carbocycles.